The number of para-hydroxylation sites is 1. The molecule has 138 valence electrons. The first kappa shape index (κ1) is 18.2. The van der Waals surface area contributed by atoms with Gasteiger partial charge in [0.2, 0.25) is 0 Å². The minimum atomic E-state index is -0.723. The highest BCUT2D eigenvalue weighted by atomic mass is 35.5. The molecule has 0 aliphatic heterocycles. The Morgan fingerprint density at radius 1 is 0.964 bits per heavy atom. The molecule has 5 nitrogen and oxygen atoms in total. The first-order chi connectivity index (χ1) is 13.5. The number of amides is 1. The summed E-state index contributed by atoms with van der Waals surface area (Å²) in [5.41, 5.74) is 6.45. The third-order valence-corrected chi connectivity index (χ3v) is 5.73. The standard InChI is InChI=1S/C21H13ClN2O3S/c22-13-6-4-5-12(11-13)18(26)17-15-9-10-16(25)24(14-7-2-1-3-8-14)21(15)28-19(17)20(23)27/h1-11H,(H2,23,27). The van der Waals surface area contributed by atoms with E-state index in [4.69, 9.17) is 17.3 Å². The third kappa shape index (κ3) is 3.02. The van der Waals surface area contributed by atoms with Crippen LogP contribution in [0.25, 0.3) is 15.9 Å². The predicted octanol–water partition coefficient (Wildman–Crippen LogP) is 4.04. The van der Waals surface area contributed by atoms with E-state index < -0.39 is 5.91 Å². The average molecular weight is 409 g/mol. The van der Waals surface area contributed by atoms with Crippen LogP contribution in [0.1, 0.15) is 25.6 Å². The molecule has 2 aromatic carbocycles. The van der Waals surface area contributed by atoms with E-state index >= 15 is 0 Å². The van der Waals surface area contributed by atoms with Gasteiger partial charge in [0, 0.05) is 22.0 Å². The van der Waals surface area contributed by atoms with Gasteiger partial charge in [-0.2, -0.15) is 0 Å². The number of nitrogens with zero attached hydrogens (tertiary/aromatic N) is 1. The molecular weight excluding hydrogens is 396 g/mol. The molecule has 0 radical (unpaired) electrons. The lowest BCUT2D eigenvalue weighted by atomic mass is 10.0. The average Bonchev–Trinajstić information content (AvgIpc) is 3.07. The molecule has 0 saturated heterocycles. The van der Waals surface area contributed by atoms with Gasteiger partial charge in [-0.15, -0.1) is 11.3 Å². The second-order valence-electron chi connectivity index (χ2n) is 6.07. The summed E-state index contributed by atoms with van der Waals surface area (Å²) in [4.78, 5) is 38.4. The van der Waals surface area contributed by atoms with Crippen LogP contribution < -0.4 is 11.3 Å². The first-order valence-electron chi connectivity index (χ1n) is 8.31. The van der Waals surface area contributed by atoms with Crippen molar-refractivity contribution in [1.29, 1.82) is 0 Å². The Labute approximate surface area is 168 Å². The number of ketones is 1. The fraction of sp³-hybridized carbons (Fsp3) is 0. The number of aromatic nitrogens is 1. The van der Waals surface area contributed by atoms with Gasteiger partial charge >= 0.3 is 0 Å². The number of pyridine rings is 1. The number of rotatable bonds is 4. The van der Waals surface area contributed by atoms with Gasteiger partial charge in [-0.05, 0) is 30.3 Å². The second-order valence-corrected chi connectivity index (χ2v) is 7.51. The van der Waals surface area contributed by atoms with Crippen LogP contribution in [0.15, 0.2) is 71.5 Å². The molecule has 7 heteroatoms. The Kier molecular flexibility index (Phi) is 4.58. The molecule has 0 atom stereocenters. The molecule has 0 fully saturated rings. The van der Waals surface area contributed by atoms with Crippen molar-refractivity contribution in [3.63, 3.8) is 0 Å². The first-order valence-corrected chi connectivity index (χ1v) is 9.51. The molecule has 2 N–H and O–H groups in total. The molecule has 0 aliphatic rings. The van der Waals surface area contributed by atoms with Crippen molar-refractivity contribution >= 4 is 44.8 Å². The van der Waals surface area contributed by atoms with E-state index in [9.17, 15) is 14.4 Å². The van der Waals surface area contributed by atoms with Crippen LogP contribution in [-0.2, 0) is 0 Å². The molecule has 2 aromatic heterocycles. The Morgan fingerprint density at radius 3 is 2.39 bits per heavy atom. The maximum absolute atomic E-state index is 13.2. The van der Waals surface area contributed by atoms with E-state index in [-0.39, 0.29) is 21.8 Å². The van der Waals surface area contributed by atoms with Crippen LogP contribution in [0.3, 0.4) is 0 Å². The molecule has 0 bridgehead atoms. The zero-order valence-corrected chi connectivity index (χ0v) is 16.0. The Bertz CT molecular complexity index is 1290. The quantitative estimate of drug-likeness (QED) is 0.517. The van der Waals surface area contributed by atoms with Crippen LogP contribution in [0, 0.1) is 0 Å². The maximum atomic E-state index is 13.2. The van der Waals surface area contributed by atoms with Crippen LogP contribution >= 0.6 is 22.9 Å². The molecule has 28 heavy (non-hydrogen) atoms. The van der Waals surface area contributed by atoms with Gasteiger partial charge < -0.3 is 5.73 Å². The zero-order valence-electron chi connectivity index (χ0n) is 14.4. The molecule has 0 unspecified atom stereocenters. The van der Waals surface area contributed by atoms with Crippen molar-refractivity contribution in [2.75, 3.05) is 0 Å². The molecule has 0 aliphatic carbocycles. The number of fused-ring (bicyclic) bond motifs is 1. The molecule has 2 heterocycles. The zero-order chi connectivity index (χ0) is 19.8. The van der Waals surface area contributed by atoms with E-state index in [0.717, 1.165) is 11.3 Å². The molecule has 0 spiro atoms. The molecule has 4 aromatic rings. The summed E-state index contributed by atoms with van der Waals surface area (Å²) >= 11 is 7.04. The second kappa shape index (κ2) is 7.07. The molecular formula is C21H13ClN2O3S. The van der Waals surface area contributed by atoms with Crippen LogP contribution in [0.5, 0.6) is 0 Å². The summed E-state index contributed by atoms with van der Waals surface area (Å²) in [6.07, 6.45) is 0. The number of hydrogen-bond donors (Lipinski definition) is 1. The molecule has 0 saturated carbocycles. The smallest absolute Gasteiger partial charge is 0.259 e. The fourth-order valence-corrected chi connectivity index (χ4v) is 4.43. The van der Waals surface area contributed by atoms with Crippen molar-refractivity contribution < 1.29 is 9.59 Å². The van der Waals surface area contributed by atoms with E-state index in [0.29, 0.717) is 26.5 Å². The highest BCUT2D eigenvalue weighted by molar-refractivity contribution is 7.21. The van der Waals surface area contributed by atoms with Crippen LogP contribution in [-0.4, -0.2) is 16.3 Å². The van der Waals surface area contributed by atoms with Crippen LogP contribution in [0.2, 0.25) is 5.02 Å². The largest absolute Gasteiger partial charge is 0.365 e. The third-order valence-electron chi connectivity index (χ3n) is 4.29. The van der Waals surface area contributed by atoms with E-state index in [1.165, 1.54) is 16.7 Å². The monoisotopic (exact) mass is 408 g/mol. The van der Waals surface area contributed by atoms with Crippen molar-refractivity contribution in [3.05, 3.63) is 98.1 Å². The summed E-state index contributed by atoms with van der Waals surface area (Å²) in [5, 5.41) is 0.902. The Morgan fingerprint density at radius 2 is 1.71 bits per heavy atom. The minimum absolute atomic E-state index is 0.107. The summed E-state index contributed by atoms with van der Waals surface area (Å²) in [6, 6.07) is 18.4. The van der Waals surface area contributed by atoms with Crippen LogP contribution in [0.4, 0.5) is 0 Å². The topological polar surface area (TPSA) is 82.2 Å². The van der Waals surface area contributed by atoms with Gasteiger partial charge in [0.05, 0.1) is 11.3 Å². The van der Waals surface area contributed by atoms with E-state index in [1.807, 2.05) is 6.07 Å². The number of primary amides is 1. The van der Waals surface area contributed by atoms with Crippen molar-refractivity contribution in [1.82, 2.24) is 4.57 Å². The highest BCUT2D eigenvalue weighted by Gasteiger charge is 2.25. The van der Waals surface area contributed by atoms with Gasteiger partial charge in [-0.1, -0.05) is 41.9 Å². The van der Waals surface area contributed by atoms with Crippen molar-refractivity contribution in [2.45, 2.75) is 0 Å². The molecule has 4 rings (SSSR count). The predicted molar refractivity (Wildman–Crippen MR) is 111 cm³/mol. The lowest BCUT2D eigenvalue weighted by molar-refractivity contribution is 0.0986. The molecule has 1 amide bonds. The Hall–Kier alpha value is -3.22. The number of thiophene rings is 1. The minimum Gasteiger partial charge on any atom is -0.365 e. The van der Waals surface area contributed by atoms with Gasteiger partial charge in [-0.25, -0.2) is 0 Å². The maximum Gasteiger partial charge on any atom is 0.259 e. The lowest BCUT2D eigenvalue weighted by Gasteiger charge is -2.07. The summed E-state index contributed by atoms with van der Waals surface area (Å²) in [5.74, 6) is -1.10. The normalized spacial score (nSPS) is 10.9. The van der Waals surface area contributed by atoms with Crippen molar-refractivity contribution in [3.8, 4) is 5.69 Å². The van der Waals surface area contributed by atoms with Gasteiger partial charge in [-0.3, -0.25) is 19.0 Å². The number of hydrogen-bond acceptors (Lipinski definition) is 4. The SMILES string of the molecule is NC(=O)c1sc2c(ccc(=O)n2-c2ccccc2)c1C(=O)c1cccc(Cl)c1. The van der Waals surface area contributed by atoms with Gasteiger partial charge in [0.25, 0.3) is 11.5 Å². The Balaban J connectivity index is 2.04. The lowest BCUT2D eigenvalue weighted by Crippen LogP contribution is -2.16. The number of benzene rings is 2. The summed E-state index contributed by atoms with van der Waals surface area (Å²) in [7, 11) is 0. The number of carbonyl (C=O) groups excluding carboxylic acids is 2. The number of carbonyl (C=O) groups is 2. The summed E-state index contributed by atoms with van der Waals surface area (Å²) in [6.45, 7) is 0. The fourth-order valence-electron chi connectivity index (χ4n) is 3.08. The van der Waals surface area contributed by atoms with Gasteiger partial charge in [0.15, 0.2) is 5.78 Å². The van der Waals surface area contributed by atoms with Crippen molar-refractivity contribution in [2.24, 2.45) is 5.73 Å². The number of nitrogens with two attached hydrogens (primary N) is 1. The van der Waals surface area contributed by atoms with E-state index in [2.05, 4.69) is 0 Å². The van der Waals surface area contributed by atoms with E-state index in [1.54, 1.807) is 48.5 Å². The summed E-state index contributed by atoms with van der Waals surface area (Å²) < 4.78 is 1.47. The highest BCUT2D eigenvalue weighted by Crippen LogP contribution is 2.33. The van der Waals surface area contributed by atoms with Gasteiger partial charge in [0.1, 0.15) is 9.71 Å². The number of halogens is 1.